The average molecular weight is 324 g/mol. The largest absolute Gasteiger partial charge is 0.340 e. The standard InChI is InChI=1S/C20H24N2O2/c23-19-8-9-21(20(24)18-13-16-6-7-17(18)12-16)10-11-22(19)14-15-4-2-1-3-5-15/h1-7,16-18H,8-14H2/t16-,17+,18-/m1/s1. The van der Waals surface area contributed by atoms with Crippen molar-refractivity contribution in [2.45, 2.75) is 25.8 Å². The van der Waals surface area contributed by atoms with E-state index in [2.05, 4.69) is 12.2 Å². The molecule has 2 amide bonds. The van der Waals surface area contributed by atoms with Crippen LogP contribution in [0.5, 0.6) is 0 Å². The van der Waals surface area contributed by atoms with Crippen molar-refractivity contribution in [1.82, 2.24) is 9.80 Å². The molecule has 1 heterocycles. The summed E-state index contributed by atoms with van der Waals surface area (Å²) in [5.41, 5.74) is 1.14. The molecule has 4 rings (SSSR count). The van der Waals surface area contributed by atoms with Crippen LogP contribution in [-0.4, -0.2) is 41.2 Å². The predicted octanol–water partition coefficient (Wildman–Crippen LogP) is 2.46. The summed E-state index contributed by atoms with van der Waals surface area (Å²) in [5, 5.41) is 0. The van der Waals surface area contributed by atoms with Gasteiger partial charge in [-0.25, -0.2) is 0 Å². The van der Waals surface area contributed by atoms with E-state index in [1.165, 1.54) is 0 Å². The lowest BCUT2D eigenvalue weighted by Crippen LogP contribution is -2.40. The molecule has 0 aromatic heterocycles. The van der Waals surface area contributed by atoms with E-state index < -0.39 is 0 Å². The van der Waals surface area contributed by atoms with E-state index in [0.717, 1.165) is 18.4 Å². The molecule has 1 saturated carbocycles. The van der Waals surface area contributed by atoms with Crippen molar-refractivity contribution in [3.05, 3.63) is 48.0 Å². The molecular weight excluding hydrogens is 300 g/mol. The van der Waals surface area contributed by atoms with Crippen LogP contribution >= 0.6 is 0 Å². The molecule has 2 bridgehead atoms. The van der Waals surface area contributed by atoms with E-state index in [9.17, 15) is 9.59 Å². The zero-order valence-electron chi connectivity index (χ0n) is 13.9. The Morgan fingerprint density at radius 3 is 2.58 bits per heavy atom. The number of nitrogens with zero attached hydrogens (tertiary/aromatic N) is 2. The van der Waals surface area contributed by atoms with E-state index >= 15 is 0 Å². The number of fused-ring (bicyclic) bond motifs is 2. The summed E-state index contributed by atoms with van der Waals surface area (Å²) in [5.74, 6) is 1.60. The minimum atomic E-state index is 0.149. The number of amides is 2. The summed E-state index contributed by atoms with van der Waals surface area (Å²) in [6.45, 7) is 2.50. The van der Waals surface area contributed by atoms with Crippen LogP contribution < -0.4 is 0 Å². The molecule has 1 aromatic carbocycles. The number of benzene rings is 1. The summed E-state index contributed by atoms with van der Waals surface area (Å²) in [6.07, 6.45) is 7.07. The van der Waals surface area contributed by atoms with E-state index in [1.807, 2.05) is 40.1 Å². The molecule has 3 atom stereocenters. The predicted molar refractivity (Wildman–Crippen MR) is 91.9 cm³/mol. The zero-order valence-corrected chi connectivity index (χ0v) is 13.9. The molecule has 2 aliphatic carbocycles. The molecule has 4 heteroatoms. The van der Waals surface area contributed by atoms with Crippen LogP contribution in [0.3, 0.4) is 0 Å². The number of carbonyl (C=O) groups excluding carboxylic acids is 2. The Bertz CT molecular complexity index is 655. The van der Waals surface area contributed by atoms with Crippen molar-refractivity contribution in [3.8, 4) is 0 Å². The highest BCUT2D eigenvalue weighted by molar-refractivity contribution is 5.82. The fraction of sp³-hybridized carbons (Fsp3) is 0.500. The maximum absolute atomic E-state index is 12.9. The highest BCUT2D eigenvalue weighted by atomic mass is 16.2. The lowest BCUT2D eigenvalue weighted by molar-refractivity contribution is -0.136. The molecule has 1 aromatic rings. The average Bonchev–Trinajstić information content (AvgIpc) is 3.19. The Balaban J connectivity index is 1.39. The second kappa shape index (κ2) is 6.42. The van der Waals surface area contributed by atoms with Crippen LogP contribution in [0.15, 0.2) is 42.5 Å². The second-order valence-corrected chi connectivity index (χ2v) is 7.26. The first-order valence-electron chi connectivity index (χ1n) is 8.99. The molecule has 1 aliphatic heterocycles. The minimum absolute atomic E-state index is 0.149. The fourth-order valence-electron chi connectivity index (χ4n) is 4.36. The van der Waals surface area contributed by atoms with Gasteiger partial charge in [0, 0.05) is 38.5 Å². The second-order valence-electron chi connectivity index (χ2n) is 7.26. The van der Waals surface area contributed by atoms with Gasteiger partial charge in [0.25, 0.3) is 0 Å². The first-order chi connectivity index (χ1) is 11.7. The zero-order chi connectivity index (χ0) is 16.5. The molecule has 3 aliphatic rings. The minimum Gasteiger partial charge on any atom is -0.340 e. The smallest absolute Gasteiger partial charge is 0.226 e. The molecule has 1 saturated heterocycles. The molecule has 24 heavy (non-hydrogen) atoms. The van der Waals surface area contributed by atoms with Crippen molar-refractivity contribution < 1.29 is 9.59 Å². The number of hydrogen-bond acceptors (Lipinski definition) is 2. The number of rotatable bonds is 3. The molecular formula is C20H24N2O2. The van der Waals surface area contributed by atoms with Gasteiger partial charge in [-0.3, -0.25) is 9.59 Å². The normalized spacial score (nSPS) is 29.2. The van der Waals surface area contributed by atoms with Crippen molar-refractivity contribution in [3.63, 3.8) is 0 Å². The number of allylic oxidation sites excluding steroid dienone is 2. The third-order valence-corrected chi connectivity index (χ3v) is 5.71. The first-order valence-corrected chi connectivity index (χ1v) is 8.99. The molecule has 0 radical (unpaired) electrons. The maximum Gasteiger partial charge on any atom is 0.226 e. The van der Waals surface area contributed by atoms with Crippen LogP contribution in [-0.2, 0) is 16.1 Å². The Hall–Kier alpha value is -2.10. The highest BCUT2D eigenvalue weighted by Crippen LogP contribution is 2.44. The van der Waals surface area contributed by atoms with Gasteiger partial charge in [0.15, 0.2) is 0 Å². The number of hydrogen-bond donors (Lipinski definition) is 0. The van der Waals surface area contributed by atoms with Crippen molar-refractivity contribution in [2.24, 2.45) is 17.8 Å². The van der Waals surface area contributed by atoms with Gasteiger partial charge in [-0.05, 0) is 30.2 Å². The SMILES string of the molecule is O=C1CCN(C(=O)[C@@H]2C[C@@H]3C=C[C@H]2C3)CCN1Cc1ccccc1. The fourth-order valence-corrected chi connectivity index (χ4v) is 4.36. The van der Waals surface area contributed by atoms with Gasteiger partial charge in [0.2, 0.25) is 11.8 Å². The Morgan fingerprint density at radius 1 is 1.04 bits per heavy atom. The Kier molecular flexibility index (Phi) is 4.13. The summed E-state index contributed by atoms with van der Waals surface area (Å²) in [7, 11) is 0. The molecule has 0 unspecified atom stereocenters. The lowest BCUT2D eigenvalue weighted by atomic mass is 9.92. The van der Waals surface area contributed by atoms with Gasteiger partial charge in [0.1, 0.15) is 0 Å². The molecule has 2 fully saturated rings. The van der Waals surface area contributed by atoms with Crippen molar-refractivity contribution >= 4 is 11.8 Å². The summed E-state index contributed by atoms with van der Waals surface area (Å²) < 4.78 is 0. The van der Waals surface area contributed by atoms with E-state index in [1.54, 1.807) is 0 Å². The molecule has 126 valence electrons. The van der Waals surface area contributed by atoms with Crippen molar-refractivity contribution in [1.29, 1.82) is 0 Å². The summed E-state index contributed by atoms with van der Waals surface area (Å²) >= 11 is 0. The van der Waals surface area contributed by atoms with Gasteiger partial charge >= 0.3 is 0 Å². The summed E-state index contributed by atoms with van der Waals surface area (Å²) in [6, 6.07) is 10.1. The molecule has 0 spiro atoms. The third kappa shape index (κ3) is 2.97. The van der Waals surface area contributed by atoms with E-state index in [4.69, 9.17) is 0 Å². The van der Waals surface area contributed by atoms with Crippen molar-refractivity contribution in [2.75, 3.05) is 19.6 Å². The number of carbonyl (C=O) groups is 2. The van der Waals surface area contributed by atoms with Crippen LogP contribution in [0.2, 0.25) is 0 Å². The first kappa shape index (κ1) is 15.4. The van der Waals surface area contributed by atoms with Gasteiger partial charge in [-0.2, -0.15) is 0 Å². The van der Waals surface area contributed by atoms with E-state index in [0.29, 0.717) is 44.4 Å². The quantitative estimate of drug-likeness (QED) is 0.802. The Labute approximate surface area is 143 Å². The van der Waals surface area contributed by atoms with Gasteiger partial charge in [0.05, 0.1) is 0 Å². The lowest BCUT2D eigenvalue weighted by Gasteiger charge is -2.27. The maximum atomic E-state index is 12.9. The van der Waals surface area contributed by atoms with Gasteiger partial charge < -0.3 is 9.80 Å². The topological polar surface area (TPSA) is 40.6 Å². The Morgan fingerprint density at radius 2 is 1.88 bits per heavy atom. The summed E-state index contributed by atoms with van der Waals surface area (Å²) in [4.78, 5) is 29.1. The van der Waals surface area contributed by atoms with Gasteiger partial charge in [-0.1, -0.05) is 42.5 Å². The van der Waals surface area contributed by atoms with Crippen LogP contribution in [0.1, 0.15) is 24.8 Å². The van der Waals surface area contributed by atoms with Gasteiger partial charge in [-0.15, -0.1) is 0 Å². The molecule has 4 nitrogen and oxygen atoms in total. The van der Waals surface area contributed by atoms with E-state index in [-0.39, 0.29) is 17.7 Å². The third-order valence-electron chi connectivity index (χ3n) is 5.71. The van der Waals surface area contributed by atoms with Crippen LogP contribution in [0.25, 0.3) is 0 Å². The monoisotopic (exact) mass is 324 g/mol. The highest BCUT2D eigenvalue weighted by Gasteiger charge is 2.41. The van der Waals surface area contributed by atoms with Crippen LogP contribution in [0, 0.1) is 17.8 Å². The molecule has 0 N–H and O–H groups in total. The van der Waals surface area contributed by atoms with Crippen LogP contribution in [0.4, 0.5) is 0 Å².